The van der Waals surface area contributed by atoms with Crippen molar-refractivity contribution in [2.75, 3.05) is 14.2 Å². The average Bonchev–Trinajstić information content (AvgIpc) is 2.51. The third-order valence-corrected chi connectivity index (χ3v) is 3.74. The summed E-state index contributed by atoms with van der Waals surface area (Å²) in [5.74, 6) is 0.234. The lowest BCUT2D eigenvalue weighted by Gasteiger charge is -2.28. The van der Waals surface area contributed by atoms with Crippen molar-refractivity contribution in [2.24, 2.45) is 5.92 Å². The minimum Gasteiger partial charge on any atom is -0.376 e. The maximum atomic E-state index is 5.99. The summed E-state index contributed by atoms with van der Waals surface area (Å²) in [5, 5.41) is 0. The minimum absolute atomic E-state index is 0.0412. The standard InChI is InChI=1S/C11H18Br2O3/c1-5-11(6-8(12)13)7(2)9(14-3)10(15-4)16-11/h6-7,9-10H,5H2,1-4H3. The molecule has 0 aromatic rings. The molecule has 0 aromatic heterocycles. The maximum absolute atomic E-state index is 5.99. The summed E-state index contributed by atoms with van der Waals surface area (Å²) in [6, 6.07) is 0. The molecule has 1 rings (SSSR count). The lowest BCUT2D eigenvalue weighted by molar-refractivity contribution is -0.170. The van der Waals surface area contributed by atoms with E-state index in [0.29, 0.717) is 0 Å². The van der Waals surface area contributed by atoms with Crippen molar-refractivity contribution in [3.8, 4) is 0 Å². The average molecular weight is 358 g/mol. The topological polar surface area (TPSA) is 27.7 Å². The van der Waals surface area contributed by atoms with Gasteiger partial charge < -0.3 is 14.2 Å². The molecule has 1 fully saturated rings. The molecule has 5 heteroatoms. The van der Waals surface area contributed by atoms with Gasteiger partial charge in [0.15, 0.2) is 6.29 Å². The highest BCUT2D eigenvalue weighted by atomic mass is 79.9. The minimum atomic E-state index is -0.344. The van der Waals surface area contributed by atoms with Crippen LogP contribution in [-0.4, -0.2) is 32.2 Å². The molecule has 0 amide bonds. The predicted octanol–water partition coefficient (Wildman–Crippen LogP) is 3.42. The van der Waals surface area contributed by atoms with Crippen molar-refractivity contribution in [2.45, 2.75) is 38.3 Å². The van der Waals surface area contributed by atoms with Crippen molar-refractivity contribution >= 4 is 31.9 Å². The normalized spacial score (nSPS) is 38.8. The molecule has 1 heterocycles. The van der Waals surface area contributed by atoms with Crippen molar-refractivity contribution in [1.82, 2.24) is 0 Å². The van der Waals surface area contributed by atoms with Crippen molar-refractivity contribution in [1.29, 1.82) is 0 Å². The Morgan fingerprint density at radius 2 is 2.00 bits per heavy atom. The summed E-state index contributed by atoms with van der Waals surface area (Å²) >= 11 is 6.78. The first-order valence-electron chi connectivity index (χ1n) is 5.28. The molecule has 1 aliphatic heterocycles. The summed E-state index contributed by atoms with van der Waals surface area (Å²) in [7, 11) is 3.33. The van der Waals surface area contributed by atoms with Gasteiger partial charge in [0.25, 0.3) is 0 Å². The SMILES string of the molecule is CCC1(C=C(Br)Br)OC(OC)C(OC)C1C. The van der Waals surface area contributed by atoms with Gasteiger partial charge in [-0.1, -0.05) is 13.8 Å². The molecule has 0 aliphatic carbocycles. The summed E-state index contributed by atoms with van der Waals surface area (Å²) in [5.41, 5.74) is -0.344. The Kier molecular flexibility index (Phi) is 5.45. The van der Waals surface area contributed by atoms with E-state index in [1.807, 2.05) is 6.08 Å². The third kappa shape index (κ3) is 2.70. The van der Waals surface area contributed by atoms with Gasteiger partial charge in [-0.15, -0.1) is 0 Å². The van der Waals surface area contributed by atoms with Crippen molar-refractivity contribution in [3.05, 3.63) is 9.47 Å². The Labute approximate surface area is 114 Å². The van der Waals surface area contributed by atoms with Crippen LogP contribution in [0.15, 0.2) is 9.47 Å². The summed E-state index contributed by atoms with van der Waals surface area (Å²) in [4.78, 5) is 0. The van der Waals surface area contributed by atoms with Crippen LogP contribution in [0.2, 0.25) is 0 Å². The molecule has 0 bridgehead atoms. The highest BCUT2D eigenvalue weighted by Gasteiger charge is 2.51. The fraction of sp³-hybridized carbons (Fsp3) is 0.818. The Morgan fingerprint density at radius 1 is 1.38 bits per heavy atom. The fourth-order valence-corrected chi connectivity index (χ4v) is 3.03. The van der Waals surface area contributed by atoms with E-state index in [4.69, 9.17) is 14.2 Å². The van der Waals surface area contributed by atoms with Crippen LogP contribution in [-0.2, 0) is 14.2 Å². The fourth-order valence-electron chi connectivity index (χ4n) is 2.26. The van der Waals surface area contributed by atoms with Crippen molar-refractivity contribution < 1.29 is 14.2 Å². The van der Waals surface area contributed by atoms with E-state index >= 15 is 0 Å². The van der Waals surface area contributed by atoms with Crippen LogP contribution in [0, 0.1) is 5.92 Å². The summed E-state index contributed by atoms with van der Waals surface area (Å²) in [6.07, 6.45) is 2.55. The van der Waals surface area contributed by atoms with E-state index in [9.17, 15) is 0 Å². The first-order valence-corrected chi connectivity index (χ1v) is 6.86. The highest BCUT2D eigenvalue weighted by Crippen LogP contribution is 2.43. The highest BCUT2D eigenvalue weighted by molar-refractivity contribution is 9.28. The molecule has 94 valence electrons. The van der Waals surface area contributed by atoms with E-state index in [0.717, 1.165) is 9.81 Å². The molecule has 4 unspecified atom stereocenters. The van der Waals surface area contributed by atoms with Gasteiger partial charge in [-0.05, 0) is 44.4 Å². The number of hydrogen-bond acceptors (Lipinski definition) is 3. The number of methoxy groups -OCH3 is 2. The van der Waals surface area contributed by atoms with E-state index in [1.165, 1.54) is 0 Å². The number of hydrogen-bond donors (Lipinski definition) is 0. The molecule has 0 N–H and O–H groups in total. The van der Waals surface area contributed by atoms with Crippen LogP contribution in [0.25, 0.3) is 0 Å². The lowest BCUT2D eigenvalue weighted by atomic mass is 9.85. The largest absolute Gasteiger partial charge is 0.376 e. The number of halogens is 2. The Hall–Kier alpha value is 0.580. The van der Waals surface area contributed by atoms with Crippen molar-refractivity contribution in [3.63, 3.8) is 0 Å². The van der Waals surface area contributed by atoms with Crippen LogP contribution in [0.5, 0.6) is 0 Å². The first-order chi connectivity index (χ1) is 7.50. The smallest absolute Gasteiger partial charge is 0.184 e. The molecule has 3 nitrogen and oxygen atoms in total. The summed E-state index contributed by atoms with van der Waals surface area (Å²) in [6.45, 7) is 4.22. The van der Waals surface area contributed by atoms with Gasteiger partial charge in [-0.2, -0.15) is 0 Å². The zero-order valence-corrected chi connectivity index (χ0v) is 13.2. The predicted molar refractivity (Wildman–Crippen MR) is 70.8 cm³/mol. The first kappa shape index (κ1) is 14.6. The molecule has 0 radical (unpaired) electrons. The molecule has 0 saturated carbocycles. The van der Waals surface area contributed by atoms with E-state index in [1.54, 1.807) is 14.2 Å². The molecule has 16 heavy (non-hydrogen) atoms. The van der Waals surface area contributed by atoms with Gasteiger partial charge in [0.05, 0.1) is 8.99 Å². The van der Waals surface area contributed by atoms with Crippen LogP contribution in [0.3, 0.4) is 0 Å². The van der Waals surface area contributed by atoms with E-state index in [2.05, 4.69) is 45.7 Å². The monoisotopic (exact) mass is 356 g/mol. The van der Waals surface area contributed by atoms with Crippen LogP contribution in [0.1, 0.15) is 20.3 Å². The third-order valence-electron chi connectivity index (χ3n) is 3.28. The molecular weight excluding hydrogens is 340 g/mol. The van der Waals surface area contributed by atoms with Gasteiger partial charge >= 0.3 is 0 Å². The number of rotatable bonds is 4. The van der Waals surface area contributed by atoms with E-state index in [-0.39, 0.29) is 23.9 Å². The van der Waals surface area contributed by atoms with Gasteiger partial charge in [-0.25, -0.2) is 0 Å². The zero-order chi connectivity index (χ0) is 12.3. The van der Waals surface area contributed by atoms with Crippen LogP contribution < -0.4 is 0 Å². The summed E-state index contributed by atoms with van der Waals surface area (Å²) < 4.78 is 17.7. The quantitative estimate of drug-likeness (QED) is 0.771. The van der Waals surface area contributed by atoms with Gasteiger partial charge in [0, 0.05) is 20.1 Å². The second kappa shape index (κ2) is 5.96. The zero-order valence-electron chi connectivity index (χ0n) is 10.00. The number of ether oxygens (including phenoxy) is 3. The van der Waals surface area contributed by atoms with Gasteiger partial charge in [0.1, 0.15) is 6.10 Å². The molecule has 0 spiro atoms. The molecule has 1 saturated heterocycles. The molecular formula is C11H18Br2O3. The Bertz CT molecular complexity index is 266. The molecule has 1 aliphatic rings. The maximum Gasteiger partial charge on any atom is 0.184 e. The Balaban J connectivity index is 3.00. The second-order valence-electron chi connectivity index (χ2n) is 3.95. The van der Waals surface area contributed by atoms with Gasteiger partial charge in [-0.3, -0.25) is 0 Å². The van der Waals surface area contributed by atoms with Gasteiger partial charge in [0.2, 0.25) is 0 Å². The lowest BCUT2D eigenvalue weighted by Crippen LogP contribution is -2.34. The second-order valence-corrected chi connectivity index (χ2v) is 6.73. The van der Waals surface area contributed by atoms with Crippen LogP contribution in [0.4, 0.5) is 0 Å². The Morgan fingerprint density at radius 3 is 2.31 bits per heavy atom. The molecule has 4 atom stereocenters. The van der Waals surface area contributed by atoms with E-state index < -0.39 is 0 Å². The van der Waals surface area contributed by atoms with Crippen LogP contribution >= 0.6 is 31.9 Å². The molecule has 0 aromatic carbocycles.